The Morgan fingerprint density at radius 2 is 1.96 bits per heavy atom. The van der Waals surface area contributed by atoms with Crippen molar-refractivity contribution in [3.05, 3.63) is 64.2 Å². The topological polar surface area (TPSA) is 52.9 Å². The third kappa shape index (κ3) is 3.65. The number of nitriles is 1. The molecule has 0 atom stereocenters. The van der Waals surface area contributed by atoms with Crippen LogP contribution in [0.2, 0.25) is 0 Å². The smallest absolute Gasteiger partial charge is 0.247 e. The third-order valence-corrected chi connectivity index (χ3v) is 4.58. The molecule has 3 nitrogen and oxygen atoms in total. The molecule has 1 amide bonds. The maximum absolute atomic E-state index is 14.3. The van der Waals surface area contributed by atoms with Crippen LogP contribution in [-0.2, 0) is 4.79 Å². The largest absolute Gasteiger partial charge is 0.352 e. The molecule has 26 heavy (non-hydrogen) atoms. The summed E-state index contributed by atoms with van der Waals surface area (Å²) in [5.74, 6) is -1.45. The van der Waals surface area contributed by atoms with Gasteiger partial charge >= 0.3 is 0 Å². The van der Waals surface area contributed by atoms with Gasteiger partial charge in [-0.05, 0) is 73.2 Å². The second kappa shape index (κ2) is 7.49. The lowest BCUT2D eigenvalue weighted by atomic mass is 9.92. The van der Waals surface area contributed by atoms with Gasteiger partial charge in [0.2, 0.25) is 5.91 Å². The second-order valence-corrected chi connectivity index (χ2v) is 6.36. The van der Waals surface area contributed by atoms with Gasteiger partial charge < -0.3 is 5.32 Å². The van der Waals surface area contributed by atoms with Gasteiger partial charge in [-0.1, -0.05) is 0 Å². The van der Waals surface area contributed by atoms with Crippen molar-refractivity contribution < 1.29 is 13.6 Å². The molecule has 0 spiro atoms. The van der Waals surface area contributed by atoms with Crippen molar-refractivity contribution in [2.24, 2.45) is 0 Å². The van der Waals surface area contributed by atoms with Crippen molar-refractivity contribution >= 4 is 12.0 Å². The molecule has 1 saturated heterocycles. The van der Waals surface area contributed by atoms with E-state index in [2.05, 4.69) is 11.4 Å². The lowest BCUT2D eigenvalue weighted by Gasteiger charge is -2.13. The summed E-state index contributed by atoms with van der Waals surface area (Å²) in [6.45, 7) is 2.46. The number of nitrogens with zero attached hydrogens (tertiary/aromatic N) is 1. The number of hydrogen-bond acceptors (Lipinski definition) is 2. The Morgan fingerprint density at radius 3 is 2.69 bits per heavy atom. The average Bonchev–Trinajstić information content (AvgIpc) is 2.82. The summed E-state index contributed by atoms with van der Waals surface area (Å²) in [6.07, 6.45) is 4.25. The van der Waals surface area contributed by atoms with Crippen LogP contribution >= 0.6 is 0 Å². The van der Waals surface area contributed by atoms with E-state index in [-0.39, 0.29) is 11.5 Å². The van der Waals surface area contributed by atoms with E-state index in [1.54, 1.807) is 25.1 Å². The zero-order chi connectivity index (χ0) is 18.7. The molecule has 0 aromatic heterocycles. The Bertz CT molecular complexity index is 942. The molecular weight excluding hydrogens is 334 g/mol. The Labute approximate surface area is 151 Å². The molecule has 3 rings (SSSR count). The van der Waals surface area contributed by atoms with Crippen molar-refractivity contribution in [3.63, 3.8) is 0 Å². The zero-order valence-electron chi connectivity index (χ0n) is 14.4. The number of hydrogen-bond donors (Lipinski definition) is 1. The van der Waals surface area contributed by atoms with Crippen LogP contribution in [0.4, 0.5) is 8.78 Å². The molecule has 0 saturated carbocycles. The minimum absolute atomic E-state index is 0.112. The van der Waals surface area contributed by atoms with Crippen LogP contribution < -0.4 is 5.32 Å². The van der Waals surface area contributed by atoms with Crippen molar-refractivity contribution in [1.82, 2.24) is 5.32 Å². The van der Waals surface area contributed by atoms with Crippen molar-refractivity contribution in [3.8, 4) is 17.2 Å². The predicted molar refractivity (Wildman–Crippen MR) is 96.1 cm³/mol. The first-order valence-corrected chi connectivity index (χ1v) is 8.48. The van der Waals surface area contributed by atoms with Gasteiger partial charge in [0.25, 0.3) is 0 Å². The van der Waals surface area contributed by atoms with Gasteiger partial charge in [-0.25, -0.2) is 8.78 Å². The fourth-order valence-electron chi connectivity index (χ4n) is 3.13. The van der Waals surface area contributed by atoms with Crippen molar-refractivity contribution in [1.29, 1.82) is 5.26 Å². The molecular formula is C21H18F2N2O. The van der Waals surface area contributed by atoms with Gasteiger partial charge in [-0.3, -0.25) is 4.79 Å². The molecule has 1 N–H and O–H groups in total. The summed E-state index contributed by atoms with van der Waals surface area (Å²) in [7, 11) is 0. The van der Waals surface area contributed by atoms with Crippen LogP contribution in [-0.4, -0.2) is 12.5 Å². The summed E-state index contributed by atoms with van der Waals surface area (Å²) in [4.78, 5) is 12.2. The molecule has 1 aliphatic heterocycles. The van der Waals surface area contributed by atoms with Crippen LogP contribution in [0.15, 0.2) is 35.9 Å². The molecule has 0 aliphatic carbocycles. The first-order valence-electron chi connectivity index (χ1n) is 8.48. The minimum atomic E-state index is -0.686. The van der Waals surface area contributed by atoms with Crippen molar-refractivity contribution in [2.45, 2.75) is 26.2 Å². The molecule has 2 aromatic carbocycles. The van der Waals surface area contributed by atoms with Crippen LogP contribution in [0.5, 0.6) is 0 Å². The van der Waals surface area contributed by atoms with E-state index >= 15 is 0 Å². The maximum atomic E-state index is 14.3. The lowest BCUT2D eigenvalue weighted by Crippen LogP contribution is -2.23. The maximum Gasteiger partial charge on any atom is 0.247 e. The van der Waals surface area contributed by atoms with Crippen LogP contribution in [0.1, 0.15) is 36.0 Å². The van der Waals surface area contributed by atoms with Crippen LogP contribution in [0, 0.1) is 29.9 Å². The van der Waals surface area contributed by atoms with E-state index in [1.807, 2.05) is 0 Å². The number of amides is 1. The van der Waals surface area contributed by atoms with E-state index in [0.29, 0.717) is 35.2 Å². The quantitative estimate of drug-likeness (QED) is 0.810. The number of rotatable bonds is 2. The van der Waals surface area contributed by atoms with Gasteiger partial charge in [0, 0.05) is 23.7 Å². The van der Waals surface area contributed by atoms with Crippen molar-refractivity contribution in [2.75, 3.05) is 6.54 Å². The lowest BCUT2D eigenvalue weighted by molar-refractivity contribution is -0.117. The summed E-state index contributed by atoms with van der Waals surface area (Å²) in [5.41, 5.74) is 3.17. The highest BCUT2D eigenvalue weighted by Crippen LogP contribution is 2.31. The van der Waals surface area contributed by atoms with E-state index in [9.17, 15) is 18.8 Å². The average molecular weight is 352 g/mol. The SMILES string of the molecule is Cc1c(/C=C2\CCCCNC2=O)cc(C#N)cc1-c1ccc(F)cc1F. The monoisotopic (exact) mass is 352 g/mol. The molecule has 0 radical (unpaired) electrons. The van der Waals surface area contributed by atoms with Crippen LogP contribution in [0.25, 0.3) is 17.2 Å². The molecule has 1 heterocycles. The number of carbonyl (C=O) groups is 1. The van der Waals surface area contributed by atoms with E-state index < -0.39 is 11.6 Å². The summed E-state index contributed by atoms with van der Waals surface area (Å²) in [5, 5.41) is 12.2. The molecule has 2 aromatic rings. The summed E-state index contributed by atoms with van der Waals surface area (Å²) < 4.78 is 27.5. The van der Waals surface area contributed by atoms with Gasteiger partial charge in [-0.2, -0.15) is 5.26 Å². The van der Waals surface area contributed by atoms with Gasteiger partial charge in [0.1, 0.15) is 11.6 Å². The molecule has 0 bridgehead atoms. The summed E-state index contributed by atoms with van der Waals surface area (Å²) >= 11 is 0. The van der Waals surface area contributed by atoms with E-state index in [4.69, 9.17) is 0 Å². The minimum Gasteiger partial charge on any atom is -0.352 e. The number of halogens is 2. The zero-order valence-corrected chi connectivity index (χ0v) is 14.4. The first kappa shape index (κ1) is 17.8. The van der Waals surface area contributed by atoms with E-state index in [0.717, 1.165) is 24.5 Å². The molecule has 0 unspecified atom stereocenters. The van der Waals surface area contributed by atoms with Gasteiger partial charge in [-0.15, -0.1) is 0 Å². The highest BCUT2D eigenvalue weighted by molar-refractivity contribution is 5.98. The first-order chi connectivity index (χ1) is 12.5. The Kier molecular flexibility index (Phi) is 5.13. The highest BCUT2D eigenvalue weighted by atomic mass is 19.1. The molecule has 5 heteroatoms. The molecule has 1 aliphatic rings. The highest BCUT2D eigenvalue weighted by Gasteiger charge is 2.16. The molecule has 132 valence electrons. The molecule has 1 fully saturated rings. The Morgan fingerprint density at radius 1 is 1.15 bits per heavy atom. The Hall–Kier alpha value is -3.00. The number of nitrogens with one attached hydrogen (secondary N) is 1. The fraction of sp³-hybridized carbons (Fsp3) is 0.238. The fourth-order valence-corrected chi connectivity index (χ4v) is 3.13. The standard InChI is InChI=1S/C21H18F2N2O/c1-13-16(10-15-4-2-3-7-25-21(15)26)8-14(12-24)9-19(13)18-6-5-17(22)11-20(18)23/h5-6,8-11H,2-4,7H2,1H3,(H,25,26)/b15-10+. The number of benzene rings is 2. The number of carbonyl (C=O) groups excluding carboxylic acids is 1. The van der Waals surface area contributed by atoms with Gasteiger partial charge in [0.05, 0.1) is 11.6 Å². The van der Waals surface area contributed by atoms with Crippen LogP contribution in [0.3, 0.4) is 0 Å². The van der Waals surface area contributed by atoms with E-state index in [1.165, 1.54) is 12.1 Å². The predicted octanol–water partition coefficient (Wildman–Crippen LogP) is 4.50. The second-order valence-electron chi connectivity index (χ2n) is 6.36. The third-order valence-electron chi connectivity index (χ3n) is 4.58. The summed E-state index contributed by atoms with van der Waals surface area (Å²) in [6, 6.07) is 8.72. The normalized spacial score (nSPS) is 16.1. The van der Waals surface area contributed by atoms with Gasteiger partial charge in [0.15, 0.2) is 0 Å². The Balaban J connectivity index is 2.15.